The minimum Gasteiger partial charge on any atom is -0.337 e. The van der Waals surface area contributed by atoms with Crippen LogP contribution in [-0.2, 0) is 42.8 Å². The van der Waals surface area contributed by atoms with E-state index in [4.69, 9.17) is 0 Å². The number of benzene rings is 1. The van der Waals surface area contributed by atoms with E-state index in [9.17, 15) is 18.0 Å². The fourth-order valence-corrected chi connectivity index (χ4v) is 5.09. The molecule has 174 valence electrons. The van der Waals surface area contributed by atoms with Gasteiger partial charge in [0.25, 0.3) is 5.56 Å². The van der Waals surface area contributed by atoms with Crippen molar-refractivity contribution in [3.8, 4) is 0 Å². The van der Waals surface area contributed by atoms with E-state index in [1.165, 1.54) is 4.57 Å². The Labute approximate surface area is 190 Å². The summed E-state index contributed by atoms with van der Waals surface area (Å²) in [7, 11) is -1.70. The SMILES string of the molecule is CCc1nc(S(=O)(=O)CCc2ccc(Cn3c(=O)[nH]c(=O)c4c3ncn4CC)cc2)cn1C. The second kappa shape index (κ2) is 8.81. The van der Waals surface area contributed by atoms with E-state index >= 15 is 0 Å². The predicted molar refractivity (Wildman–Crippen MR) is 124 cm³/mol. The lowest BCUT2D eigenvalue weighted by Crippen LogP contribution is -2.31. The molecule has 0 aliphatic carbocycles. The molecule has 0 aliphatic rings. The van der Waals surface area contributed by atoms with E-state index < -0.39 is 21.1 Å². The Hall–Kier alpha value is -3.47. The third-order valence-electron chi connectivity index (χ3n) is 5.70. The van der Waals surface area contributed by atoms with Gasteiger partial charge < -0.3 is 9.13 Å². The number of nitrogens with zero attached hydrogens (tertiary/aromatic N) is 5. The van der Waals surface area contributed by atoms with Crippen LogP contribution in [0.25, 0.3) is 11.2 Å². The first-order valence-electron chi connectivity index (χ1n) is 10.7. The Bertz CT molecular complexity index is 1520. The molecular formula is C22H26N6O4S. The zero-order chi connectivity index (χ0) is 23.8. The van der Waals surface area contributed by atoms with Crippen LogP contribution >= 0.6 is 0 Å². The van der Waals surface area contributed by atoms with Crippen molar-refractivity contribution in [2.75, 3.05) is 5.75 Å². The lowest BCUT2D eigenvalue weighted by Gasteiger charge is -2.08. The molecule has 0 fully saturated rings. The molecule has 0 bridgehead atoms. The number of fused-ring (bicyclic) bond motifs is 1. The molecule has 0 amide bonds. The molecule has 0 unspecified atom stereocenters. The van der Waals surface area contributed by atoms with Gasteiger partial charge in [0.1, 0.15) is 5.82 Å². The molecule has 0 radical (unpaired) electrons. The van der Waals surface area contributed by atoms with Gasteiger partial charge in [-0.15, -0.1) is 0 Å². The minimum atomic E-state index is -3.48. The summed E-state index contributed by atoms with van der Waals surface area (Å²) in [5, 5.41) is 0.103. The van der Waals surface area contributed by atoms with E-state index in [-0.39, 0.29) is 17.3 Å². The minimum absolute atomic E-state index is 0.0407. The standard InChI is InChI=1S/C22H26N6O4S/c1-4-17-24-18(13-26(17)3)33(31,32)11-10-15-6-8-16(9-7-15)12-28-20-19(21(29)25-22(28)30)27(5-2)14-23-20/h6-9,13-14H,4-5,10-12H2,1-3H3,(H,25,29,30). The number of rotatable bonds is 8. The largest absolute Gasteiger partial charge is 0.337 e. The highest BCUT2D eigenvalue weighted by Crippen LogP contribution is 2.15. The summed E-state index contributed by atoms with van der Waals surface area (Å²) >= 11 is 0. The summed E-state index contributed by atoms with van der Waals surface area (Å²) < 4.78 is 30.2. The van der Waals surface area contributed by atoms with E-state index in [1.807, 2.05) is 38.1 Å². The molecule has 33 heavy (non-hydrogen) atoms. The van der Waals surface area contributed by atoms with Gasteiger partial charge >= 0.3 is 5.69 Å². The molecule has 0 saturated carbocycles. The smallest absolute Gasteiger partial charge is 0.330 e. The lowest BCUT2D eigenvalue weighted by molar-refractivity contribution is 0.592. The molecule has 11 heteroatoms. The van der Waals surface area contributed by atoms with Crippen molar-refractivity contribution in [3.05, 3.63) is 74.6 Å². The Kier molecular flexibility index (Phi) is 6.07. The molecule has 1 N–H and O–H groups in total. The second-order valence-electron chi connectivity index (χ2n) is 7.89. The average molecular weight is 471 g/mol. The Morgan fingerprint density at radius 2 is 1.76 bits per heavy atom. The van der Waals surface area contributed by atoms with Crippen LogP contribution in [-0.4, -0.2) is 42.8 Å². The number of hydrogen-bond acceptors (Lipinski definition) is 6. The molecule has 1 aromatic carbocycles. The monoisotopic (exact) mass is 470 g/mol. The van der Waals surface area contributed by atoms with Gasteiger partial charge in [0.2, 0.25) is 0 Å². The third kappa shape index (κ3) is 4.40. The van der Waals surface area contributed by atoms with Gasteiger partial charge in [0, 0.05) is 26.2 Å². The molecule has 4 aromatic rings. The van der Waals surface area contributed by atoms with Gasteiger partial charge in [-0.25, -0.2) is 23.2 Å². The van der Waals surface area contributed by atoms with Crippen LogP contribution in [0.2, 0.25) is 0 Å². The maximum absolute atomic E-state index is 12.7. The zero-order valence-corrected chi connectivity index (χ0v) is 19.6. The number of nitrogens with one attached hydrogen (secondary N) is 1. The number of H-pyrrole nitrogens is 1. The fraction of sp³-hybridized carbons (Fsp3) is 0.364. The quantitative estimate of drug-likeness (QED) is 0.413. The highest BCUT2D eigenvalue weighted by Gasteiger charge is 2.19. The van der Waals surface area contributed by atoms with E-state index in [1.54, 1.807) is 28.7 Å². The van der Waals surface area contributed by atoms with Gasteiger partial charge in [0.15, 0.2) is 26.0 Å². The first-order valence-corrected chi connectivity index (χ1v) is 12.4. The highest BCUT2D eigenvalue weighted by atomic mass is 32.2. The van der Waals surface area contributed by atoms with Crippen LogP contribution in [0.15, 0.2) is 51.4 Å². The highest BCUT2D eigenvalue weighted by molar-refractivity contribution is 7.91. The van der Waals surface area contributed by atoms with Crippen molar-refractivity contribution >= 4 is 21.0 Å². The maximum atomic E-state index is 12.7. The summed E-state index contributed by atoms with van der Waals surface area (Å²) in [6.45, 7) is 4.63. The van der Waals surface area contributed by atoms with Crippen LogP contribution in [0.1, 0.15) is 30.8 Å². The van der Waals surface area contributed by atoms with E-state index in [2.05, 4.69) is 15.0 Å². The van der Waals surface area contributed by atoms with E-state index in [0.29, 0.717) is 30.6 Å². The molecule has 0 atom stereocenters. The summed E-state index contributed by atoms with van der Waals surface area (Å²) in [5.74, 6) is 0.689. The Morgan fingerprint density at radius 1 is 1.06 bits per heavy atom. The summed E-state index contributed by atoms with van der Waals surface area (Å²) in [4.78, 5) is 35.4. The second-order valence-corrected chi connectivity index (χ2v) is 9.95. The number of hydrogen-bond donors (Lipinski definition) is 1. The number of aromatic nitrogens is 6. The molecule has 3 aromatic heterocycles. The number of aryl methyl sites for hydroxylation is 4. The maximum Gasteiger partial charge on any atom is 0.330 e. The van der Waals surface area contributed by atoms with Crippen molar-refractivity contribution in [1.82, 2.24) is 28.7 Å². The lowest BCUT2D eigenvalue weighted by atomic mass is 10.1. The Morgan fingerprint density at radius 3 is 2.39 bits per heavy atom. The molecular weight excluding hydrogens is 444 g/mol. The molecule has 4 rings (SSSR count). The summed E-state index contributed by atoms with van der Waals surface area (Å²) in [6.07, 6.45) is 4.12. The van der Waals surface area contributed by atoms with Crippen molar-refractivity contribution in [2.24, 2.45) is 7.05 Å². The van der Waals surface area contributed by atoms with Gasteiger partial charge in [-0.05, 0) is 24.5 Å². The zero-order valence-electron chi connectivity index (χ0n) is 18.8. The van der Waals surface area contributed by atoms with Crippen LogP contribution in [0, 0.1) is 0 Å². The first kappa shape index (κ1) is 22.7. The molecule has 0 saturated heterocycles. The van der Waals surface area contributed by atoms with E-state index in [0.717, 1.165) is 17.0 Å². The van der Waals surface area contributed by atoms with Crippen molar-refractivity contribution < 1.29 is 8.42 Å². The van der Waals surface area contributed by atoms with Crippen LogP contribution in [0.3, 0.4) is 0 Å². The summed E-state index contributed by atoms with van der Waals surface area (Å²) in [6, 6.07) is 7.38. The molecule has 10 nitrogen and oxygen atoms in total. The van der Waals surface area contributed by atoms with Crippen molar-refractivity contribution in [1.29, 1.82) is 0 Å². The van der Waals surface area contributed by atoms with Crippen LogP contribution in [0.5, 0.6) is 0 Å². The van der Waals surface area contributed by atoms with Crippen LogP contribution in [0.4, 0.5) is 0 Å². The fourth-order valence-electron chi connectivity index (χ4n) is 3.81. The number of aromatic amines is 1. The van der Waals surface area contributed by atoms with Gasteiger partial charge in [-0.1, -0.05) is 31.2 Å². The number of imidazole rings is 2. The number of sulfone groups is 1. The third-order valence-corrected chi connectivity index (χ3v) is 7.28. The molecule has 3 heterocycles. The topological polar surface area (TPSA) is 125 Å². The first-order chi connectivity index (χ1) is 15.7. The van der Waals surface area contributed by atoms with Gasteiger partial charge in [-0.3, -0.25) is 14.3 Å². The predicted octanol–water partition coefficient (Wildman–Crippen LogP) is 1.27. The Balaban J connectivity index is 1.51. The normalized spacial score (nSPS) is 12.0. The van der Waals surface area contributed by atoms with Gasteiger partial charge in [-0.2, -0.15) is 0 Å². The molecule has 0 aliphatic heterocycles. The average Bonchev–Trinajstić information content (AvgIpc) is 3.40. The van der Waals surface area contributed by atoms with Gasteiger partial charge in [0.05, 0.1) is 18.6 Å². The van der Waals surface area contributed by atoms with Crippen molar-refractivity contribution in [3.63, 3.8) is 0 Å². The van der Waals surface area contributed by atoms with Crippen molar-refractivity contribution in [2.45, 2.75) is 44.8 Å². The molecule has 0 spiro atoms. The van der Waals surface area contributed by atoms with Crippen LogP contribution < -0.4 is 11.2 Å². The summed E-state index contributed by atoms with van der Waals surface area (Å²) in [5.41, 5.74) is 1.41.